The van der Waals surface area contributed by atoms with Crippen molar-refractivity contribution < 1.29 is 4.79 Å². The minimum absolute atomic E-state index is 0.165. The summed E-state index contributed by atoms with van der Waals surface area (Å²) in [5, 5.41) is 0. The van der Waals surface area contributed by atoms with E-state index in [-0.39, 0.29) is 11.8 Å². The van der Waals surface area contributed by atoms with Gasteiger partial charge in [-0.15, -0.1) is 0 Å². The van der Waals surface area contributed by atoms with Crippen LogP contribution in [0.15, 0.2) is 24.3 Å². The maximum absolute atomic E-state index is 10.6. The SMILES string of the molecule is C[C@@H](CC(N)=O)c1ccc(N)cc1. The monoisotopic (exact) mass is 178 g/mol. The molecule has 3 nitrogen and oxygen atoms in total. The van der Waals surface area contributed by atoms with E-state index in [2.05, 4.69) is 0 Å². The molecule has 0 radical (unpaired) electrons. The zero-order chi connectivity index (χ0) is 9.84. The van der Waals surface area contributed by atoms with Crippen LogP contribution >= 0.6 is 0 Å². The molecule has 0 aliphatic carbocycles. The highest BCUT2D eigenvalue weighted by Gasteiger charge is 2.07. The van der Waals surface area contributed by atoms with Crippen molar-refractivity contribution in [1.29, 1.82) is 0 Å². The second-order valence-corrected chi connectivity index (χ2v) is 3.24. The van der Waals surface area contributed by atoms with Gasteiger partial charge in [-0.25, -0.2) is 0 Å². The Balaban J connectivity index is 2.71. The molecule has 0 aliphatic heterocycles. The Morgan fingerprint density at radius 2 is 1.92 bits per heavy atom. The number of carbonyl (C=O) groups excluding carboxylic acids is 1. The van der Waals surface area contributed by atoms with Crippen LogP contribution < -0.4 is 11.5 Å². The molecule has 0 aliphatic rings. The van der Waals surface area contributed by atoms with Gasteiger partial charge in [0.25, 0.3) is 0 Å². The molecular weight excluding hydrogens is 164 g/mol. The van der Waals surface area contributed by atoms with E-state index in [4.69, 9.17) is 11.5 Å². The van der Waals surface area contributed by atoms with Gasteiger partial charge < -0.3 is 11.5 Å². The highest BCUT2D eigenvalue weighted by Crippen LogP contribution is 2.19. The first-order valence-electron chi connectivity index (χ1n) is 4.23. The number of rotatable bonds is 3. The number of nitrogen functional groups attached to an aromatic ring is 1. The third-order valence-electron chi connectivity index (χ3n) is 2.01. The molecule has 0 fully saturated rings. The van der Waals surface area contributed by atoms with E-state index in [0.29, 0.717) is 6.42 Å². The lowest BCUT2D eigenvalue weighted by atomic mass is 9.97. The molecule has 0 bridgehead atoms. The van der Waals surface area contributed by atoms with E-state index in [0.717, 1.165) is 11.3 Å². The summed E-state index contributed by atoms with van der Waals surface area (Å²) in [6, 6.07) is 7.49. The van der Waals surface area contributed by atoms with Crippen molar-refractivity contribution in [3.8, 4) is 0 Å². The summed E-state index contributed by atoms with van der Waals surface area (Å²) in [6.07, 6.45) is 0.379. The summed E-state index contributed by atoms with van der Waals surface area (Å²) < 4.78 is 0. The van der Waals surface area contributed by atoms with E-state index in [1.54, 1.807) is 0 Å². The van der Waals surface area contributed by atoms with E-state index >= 15 is 0 Å². The van der Waals surface area contributed by atoms with Crippen molar-refractivity contribution in [2.24, 2.45) is 5.73 Å². The van der Waals surface area contributed by atoms with Crippen molar-refractivity contribution in [1.82, 2.24) is 0 Å². The predicted octanol–water partition coefficient (Wildman–Crippen LogP) is 1.25. The number of amides is 1. The molecule has 0 unspecified atom stereocenters. The Hall–Kier alpha value is -1.51. The van der Waals surface area contributed by atoms with Crippen LogP contribution in [0.5, 0.6) is 0 Å². The fraction of sp³-hybridized carbons (Fsp3) is 0.300. The molecule has 0 spiro atoms. The summed E-state index contributed by atoms with van der Waals surface area (Å²) in [4.78, 5) is 10.6. The van der Waals surface area contributed by atoms with Crippen LogP contribution in [0.4, 0.5) is 5.69 Å². The van der Waals surface area contributed by atoms with Crippen LogP contribution in [0.25, 0.3) is 0 Å². The summed E-state index contributed by atoms with van der Waals surface area (Å²) in [6.45, 7) is 1.97. The van der Waals surface area contributed by atoms with Crippen molar-refractivity contribution in [2.75, 3.05) is 5.73 Å². The van der Waals surface area contributed by atoms with E-state index in [1.807, 2.05) is 31.2 Å². The summed E-state index contributed by atoms with van der Waals surface area (Å²) in [5.41, 5.74) is 12.5. The maximum atomic E-state index is 10.6. The lowest BCUT2D eigenvalue weighted by Crippen LogP contribution is -2.13. The summed E-state index contributed by atoms with van der Waals surface area (Å²) >= 11 is 0. The molecule has 0 heterocycles. The van der Waals surface area contributed by atoms with E-state index < -0.39 is 0 Å². The molecule has 70 valence electrons. The molecule has 0 aromatic heterocycles. The Morgan fingerprint density at radius 3 is 2.38 bits per heavy atom. The highest BCUT2D eigenvalue weighted by molar-refractivity contribution is 5.74. The van der Waals surface area contributed by atoms with Crippen molar-refractivity contribution in [3.63, 3.8) is 0 Å². The Labute approximate surface area is 77.7 Å². The third kappa shape index (κ3) is 2.78. The fourth-order valence-electron chi connectivity index (χ4n) is 1.24. The predicted molar refractivity (Wildman–Crippen MR) is 53.1 cm³/mol. The summed E-state index contributed by atoms with van der Waals surface area (Å²) in [5.74, 6) is -0.109. The van der Waals surface area contributed by atoms with Crippen LogP contribution in [-0.4, -0.2) is 5.91 Å². The molecule has 1 aromatic rings. The van der Waals surface area contributed by atoms with Gasteiger partial charge in [0.05, 0.1) is 0 Å². The van der Waals surface area contributed by atoms with Gasteiger partial charge in [-0.2, -0.15) is 0 Å². The first-order valence-corrected chi connectivity index (χ1v) is 4.23. The van der Waals surface area contributed by atoms with Crippen LogP contribution in [0.3, 0.4) is 0 Å². The highest BCUT2D eigenvalue weighted by atomic mass is 16.1. The van der Waals surface area contributed by atoms with Gasteiger partial charge in [-0.05, 0) is 23.6 Å². The van der Waals surface area contributed by atoms with Gasteiger partial charge in [-0.3, -0.25) is 4.79 Å². The quantitative estimate of drug-likeness (QED) is 0.684. The Kier molecular flexibility index (Phi) is 2.90. The van der Waals surface area contributed by atoms with Crippen LogP contribution in [0, 0.1) is 0 Å². The smallest absolute Gasteiger partial charge is 0.218 e. The average Bonchev–Trinajstić information content (AvgIpc) is 2.04. The maximum Gasteiger partial charge on any atom is 0.218 e. The van der Waals surface area contributed by atoms with Crippen molar-refractivity contribution in [3.05, 3.63) is 29.8 Å². The van der Waals surface area contributed by atoms with Crippen LogP contribution in [-0.2, 0) is 4.79 Å². The number of anilines is 1. The lowest BCUT2D eigenvalue weighted by molar-refractivity contribution is -0.118. The number of carbonyl (C=O) groups is 1. The number of primary amides is 1. The second kappa shape index (κ2) is 3.94. The average molecular weight is 178 g/mol. The minimum Gasteiger partial charge on any atom is -0.399 e. The molecule has 1 amide bonds. The van der Waals surface area contributed by atoms with Gasteiger partial charge in [0.2, 0.25) is 5.91 Å². The van der Waals surface area contributed by atoms with Gasteiger partial charge >= 0.3 is 0 Å². The molecule has 1 aromatic carbocycles. The van der Waals surface area contributed by atoms with E-state index in [1.165, 1.54) is 0 Å². The van der Waals surface area contributed by atoms with Crippen molar-refractivity contribution >= 4 is 11.6 Å². The molecule has 0 saturated carbocycles. The second-order valence-electron chi connectivity index (χ2n) is 3.24. The zero-order valence-corrected chi connectivity index (χ0v) is 7.66. The summed E-state index contributed by atoms with van der Waals surface area (Å²) in [7, 11) is 0. The van der Waals surface area contributed by atoms with Crippen molar-refractivity contribution in [2.45, 2.75) is 19.3 Å². The molecule has 1 rings (SSSR count). The van der Waals surface area contributed by atoms with Gasteiger partial charge in [0.15, 0.2) is 0 Å². The van der Waals surface area contributed by atoms with Gasteiger partial charge in [-0.1, -0.05) is 19.1 Å². The molecule has 0 saturated heterocycles. The number of hydrogen-bond donors (Lipinski definition) is 2. The molecule has 3 heteroatoms. The number of nitrogens with two attached hydrogens (primary N) is 2. The standard InChI is InChI=1S/C10H14N2O/c1-7(6-10(12)13)8-2-4-9(11)5-3-8/h2-5,7H,6,11H2,1H3,(H2,12,13)/t7-/m0/s1. The number of benzene rings is 1. The van der Waals surface area contributed by atoms with Crippen LogP contribution in [0.2, 0.25) is 0 Å². The zero-order valence-electron chi connectivity index (χ0n) is 7.66. The normalized spacial score (nSPS) is 12.4. The van der Waals surface area contributed by atoms with Gasteiger partial charge in [0.1, 0.15) is 0 Å². The Morgan fingerprint density at radius 1 is 1.38 bits per heavy atom. The van der Waals surface area contributed by atoms with Crippen LogP contribution in [0.1, 0.15) is 24.8 Å². The molecular formula is C10H14N2O. The van der Waals surface area contributed by atoms with Gasteiger partial charge in [0, 0.05) is 12.1 Å². The first kappa shape index (κ1) is 9.58. The number of hydrogen-bond acceptors (Lipinski definition) is 2. The lowest BCUT2D eigenvalue weighted by Gasteiger charge is -2.09. The largest absolute Gasteiger partial charge is 0.399 e. The topological polar surface area (TPSA) is 69.1 Å². The molecule has 1 atom stereocenters. The molecule has 13 heavy (non-hydrogen) atoms. The minimum atomic E-state index is -0.274. The Bertz CT molecular complexity index is 292. The fourth-order valence-corrected chi connectivity index (χ4v) is 1.24. The first-order chi connectivity index (χ1) is 6.09. The van der Waals surface area contributed by atoms with E-state index in [9.17, 15) is 4.79 Å². The third-order valence-corrected chi connectivity index (χ3v) is 2.01. The molecule has 4 N–H and O–H groups in total.